The maximum absolute atomic E-state index is 12.3. The van der Waals surface area contributed by atoms with Crippen molar-refractivity contribution in [2.45, 2.75) is 40.3 Å². The van der Waals surface area contributed by atoms with Crippen molar-refractivity contribution in [1.82, 2.24) is 4.57 Å². The van der Waals surface area contributed by atoms with Gasteiger partial charge < -0.3 is 19.4 Å². The lowest BCUT2D eigenvalue weighted by molar-refractivity contribution is -0.119. The number of carbonyl (C=O) groups is 2. The molecule has 0 fully saturated rings. The molecule has 0 aliphatic rings. The topological polar surface area (TPSA) is 69.6 Å². The summed E-state index contributed by atoms with van der Waals surface area (Å²) in [6.07, 6.45) is 0. The Kier molecular flexibility index (Phi) is 7.01. The quantitative estimate of drug-likeness (QED) is 0.664. The van der Waals surface area contributed by atoms with E-state index in [1.54, 1.807) is 6.07 Å². The molecule has 6 nitrogen and oxygen atoms in total. The van der Waals surface area contributed by atoms with Gasteiger partial charge in [-0.2, -0.15) is 8.78 Å². The molecule has 2 aromatic rings. The fourth-order valence-electron chi connectivity index (χ4n) is 2.95. The predicted molar refractivity (Wildman–Crippen MR) is 101 cm³/mol. The summed E-state index contributed by atoms with van der Waals surface area (Å²) < 4.78 is 35.8. The van der Waals surface area contributed by atoms with Crippen molar-refractivity contribution in [2.24, 2.45) is 0 Å². The molecule has 0 spiro atoms. The van der Waals surface area contributed by atoms with E-state index in [2.05, 4.69) is 10.1 Å². The number of hydrogen-bond acceptors (Lipinski definition) is 4. The van der Waals surface area contributed by atoms with E-state index in [9.17, 15) is 18.4 Å². The van der Waals surface area contributed by atoms with Gasteiger partial charge in [-0.3, -0.25) is 4.79 Å². The average Bonchev–Trinajstić information content (AvgIpc) is 2.89. The number of amides is 1. The molecule has 1 aromatic carbocycles. The highest BCUT2D eigenvalue weighted by molar-refractivity contribution is 6.32. The highest BCUT2D eigenvalue weighted by Crippen LogP contribution is 2.29. The lowest BCUT2D eigenvalue weighted by atomic mass is 10.2. The maximum Gasteiger partial charge on any atom is 0.387 e. The van der Waals surface area contributed by atoms with Crippen LogP contribution in [0.3, 0.4) is 0 Å². The summed E-state index contributed by atoms with van der Waals surface area (Å²) in [6.45, 7) is 4.21. The number of anilines is 1. The molecule has 0 aliphatic heterocycles. The lowest BCUT2D eigenvalue weighted by Crippen LogP contribution is -2.21. The first kappa shape index (κ1) is 21.7. The molecular weight excluding hydrogens is 394 g/mol. The van der Waals surface area contributed by atoms with Gasteiger partial charge >= 0.3 is 12.6 Å². The van der Waals surface area contributed by atoms with E-state index in [4.69, 9.17) is 16.3 Å². The summed E-state index contributed by atoms with van der Waals surface area (Å²) >= 11 is 5.83. The first-order chi connectivity index (χ1) is 13.1. The number of hydrogen-bond donors (Lipinski definition) is 1. The monoisotopic (exact) mass is 414 g/mol. The van der Waals surface area contributed by atoms with Gasteiger partial charge in [-0.15, -0.1) is 0 Å². The third kappa shape index (κ3) is 5.22. The number of benzene rings is 1. The van der Waals surface area contributed by atoms with Gasteiger partial charge in [-0.25, -0.2) is 4.79 Å². The number of ether oxygens (including phenoxy) is 2. The number of carbonyl (C=O) groups excluding carboxylic acids is 2. The molecule has 0 atom stereocenters. The summed E-state index contributed by atoms with van der Waals surface area (Å²) in [6, 6.07) is 5.72. The number of rotatable bonds is 7. The minimum Gasteiger partial charge on any atom is -0.452 e. The molecule has 0 saturated heterocycles. The van der Waals surface area contributed by atoms with Gasteiger partial charge in [0, 0.05) is 23.1 Å². The molecule has 28 heavy (non-hydrogen) atoms. The summed E-state index contributed by atoms with van der Waals surface area (Å²) in [7, 11) is 0. The lowest BCUT2D eigenvalue weighted by Gasteiger charge is -2.13. The summed E-state index contributed by atoms with van der Waals surface area (Å²) in [5.41, 5.74) is 2.34. The van der Waals surface area contributed by atoms with Crippen LogP contribution in [0.25, 0.3) is 0 Å². The Morgan fingerprint density at radius 2 is 1.89 bits per heavy atom. The number of halogens is 3. The van der Waals surface area contributed by atoms with Crippen LogP contribution in [0.1, 0.15) is 41.6 Å². The zero-order chi connectivity index (χ0) is 21.0. The number of alkyl halides is 2. The largest absolute Gasteiger partial charge is 0.452 e. The Labute approximate surface area is 166 Å². The van der Waals surface area contributed by atoms with Crippen molar-refractivity contribution in [3.8, 4) is 5.75 Å². The first-order valence-electron chi connectivity index (χ1n) is 8.50. The average molecular weight is 415 g/mol. The Bertz CT molecular complexity index is 881. The minimum absolute atomic E-state index is 0.0868. The van der Waals surface area contributed by atoms with Gasteiger partial charge in [-0.1, -0.05) is 11.6 Å². The maximum atomic E-state index is 12.3. The van der Waals surface area contributed by atoms with Gasteiger partial charge in [0.1, 0.15) is 5.75 Å². The van der Waals surface area contributed by atoms with Crippen LogP contribution in [0.2, 0.25) is 5.02 Å². The molecule has 0 radical (unpaired) electrons. The Hall–Kier alpha value is -2.61. The van der Waals surface area contributed by atoms with Crippen molar-refractivity contribution < 1.29 is 27.8 Å². The molecule has 0 aliphatic carbocycles. The van der Waals surface area contributed by atoms with Crippen LogP contribution in [0, 0.1) is 13.8 Å². The van der Waals surface area contributed by atoms with Crippen LogP contribution in [0.5, 0.6) is 5.75 Å². The zero-order valence-electron chi connectivity index (χ0n) is 15.9. The normalized spacial score (nSPS) is 11.0. The second kappa shape index (κ2) is 9.05. The molecule has 0 saturated carbocycles. The molecule has 1 amide bonds. The summed E-state index contributed by atoms with van der Waals surface area (Å²) in [5.74, 6) is -1.40. The van der Waals surface area contributed by atoms with Crippen LogP contribution in [0.4, 0.5) is 14.5 Å². The second-order valence-electron chi connectivity index (χ2n) is 6.40. The zero-order valence-corrected chi connectivity index (χ0v) is 16.6. The van der Waals surface area contributed by atoms with E-state index >= 15 is 0 Å². The van der Waals surface area contributed by atoms with Crippen LogP contribution in [-0.2, 0) is 9.53 Å². The van der Waals surface area contributed by atoms with Gasteiger partial charge in [0.05, 0.1) is 10.6 Å². The van der Waals surface area contributed by atoms with Crippen LogP contribution in [-0.4, -0.2) is 29.7 Å². The molecular formula is C19H21ClF2N2O4. The molecule has 0 bridgehead atoms. The van der Waals surface area contributed by atoms with Gasteiger partial charge in [0.15, 0.2) is 6.61 Å². The number of esters is 1. The van der Waals surface area contributed by atoms with Crippen LogP contribution < -0.4 is 10.1 Å². The van der Waals surface area contributed by atoms with E-state index in [1.807, 2.05) is 32.3 Å². The second-order valence-corrected chi connectivity index (χ2v) is 6.80. The summed E-state index contributed by atoms with van der Waals surface area (Å²) in [5, 5.41) is 2.38. The van der Waals surface area contributed by atoms with E-state index < -0.39 is 25.1 Å². The van der Waals surface area contributed by atoms with E-state index in [0.29, 0.717) is 5.56 Å². The molecule has 0 unspecified atom stereocenters. The van der Waals surface area contributed by atoms with Crippen LogP contribution in [0.15, 0.2) is 24.3 Å². The smallest absolute Gasteiger partial charge is 0.387 e. The Balaban J connectivity index is 1.97. The third-order valence-corrected chi connectivity index (χ3v) is 4.28. The number of nitrogens with one attached hydrogen (secondary N) is 1. The van der Waals surface area contributed by atoms with Crippen molar-refractivity contribution in [2.75, 3.05) is 11.9 Å². The van der Waals surface area contributed by atoms with Gasteiger partial charge in [0.2, 0.25) is 0 Å². The van der Waals surface area contributed by atoms with Crippen LogP contribution >= 0.6 is 11.6 Å². The van der Waals surface area contributed by atoms with Crippen molar-refractivity contribution >= 4 is 29.2 Å². The molecule has 9 heteroatoms. The van der Waals surface area contributed by atoms with E-state index in [1.165, 1.54) is 18.2 Å². The highest BCUT2D eigenvalue weighted by Gasteiger charge is 2.19. The SMILES string of the molecule is Cc1cc(C(=O)OCC(=O)Nc2ccc(OC(F)F)c(Cl)c2)c(C)n1C(C)C. The van der Waals surface area contributed by atoms with E-state index in [-0.39, 0.29) is 22.5 Å². The third-order valence-electron chi connectivity index (χ3n) is 3.99. The van der Waals surface area contributed by atoms with Gasteiger partial charge in [-0.05, 0) is 52.0 Å². The molecule has 2 rings (SSSR count). The Morgan fingerprint density at radius 3 is 2.43 bits per heavy atom. The highest BCUT2D eigenvalue weighted by atomic mass is 35.5. The van der Waals surface area contributed by atoms with Crippen molar-refractivity contribution in [1.29, 1.82) is 0 Å². The first-order valence-corrected chi connectivity index (χ1v) is 8.87. The molecule has 152 valence electrons. The number of aryl methyl sites for hydroxylation is 1. The standard InChI is InChI=1S/C19H21ClF2N2O4/c1-10(2)24-11(3)7-14(12(24)4)18(26)27-9-17(25)23-13-5-6-16(15(20)8-13)28-19(21)22/h5-8,10,19H,9H2,1-4H3,(H,23,25). The fourth-order valence-corrected chi connectivity index (χ4v) is 3.18. The molecule has 1 N–H and O–H groups in total. The fraction of sp³-hybridized carbons (Fsp3) is 0.368. The van der Waals surface area contributed by atoms with Crippen molar-refractivity contribution in [3.05, 3.63) is 46.2 Å². The Morgan fingerprint density at radius 1 is 1.21 bits per heavy atom. The number of nitrogens with zero attached hydrogens (tertiary/aromatic N) is 1. The number of aromatic nitrogens is 1. The molecule has 1 heterocycles. The molecule has 1 aromatic heterocycles. The van der Waals surface area contributed by atoms with Crippen molar-refractivity contribution in [3.63, 3.8) is 0 Å². The predicted octanol–water partition coefficient (Wildman–Crippen LogP) is 4.74. The minimum atomic E-state index is -3.00. The summed E-state index contributed by atoms with van der Waals surface area (Å²) in [4.78, 5) is 24.3. The van der Waals surface area contributed by atoms with E-state index in [0.717, 1.165) is 11.4 Å². The van der Waals surface area contributed by atoms with Gasteiger partial charge in [0.25, 0.3) is 5.91 Å².